The number of anilines is 1. The van der Waals surface area contributed by atoms with Crippen LogP contribution in [0.5, 0.6) is 5.88 Å². The Bertz CT molecular complexity index is 796. The van der Waals surface area contributed by atoms with Gasteiger partial charge >= 0.3 is 0 Å². The first kappa shape index (κ1) is 14.5. The number of nitrogens with one attached hydrogen (secondary N) is 1. The van der Waals surface area contributed by atoms with Gasteiger partial charge in [-0.2, -0.15) is 0 Å². The van der Waals surface area contributed by atoms with Gasteiger partial charge in [-0.15, -0.1) is 11.3 Å². The molecule has 0 aliphatic heterocycles. The first-order valence-electron chi connectivity index (χ1n) is 6.83. The summed E-state index contributed by atoms with van der Waals surface area (Å²) in [6.45, 7) is 3.74. The van der Waals surface area contributed by atoms with E-state index in [1.165, 1.54) is 6.92 Å². The summed E-state index contributed by atoms with van der Waals surface area (Å²) in [6.07, 6.45) is 1.59. The molecule has 0 atom stereocenters. The van der Waals surface area contributed by atoms with Crippen molar-refractivity contribution >= 4 is 33.1 Å². The maximum Gasteiger partial charge on any atom is 0.221 e. The molecule has 0 fully saturated rings. The third kappa shape index (κ3) is 3.23. The fraction of sp³-hybridized carbons (Fsp3) is 0.188. The Balaban J connectivity index is 1.71. The van der Waals surface area contributed by atoms with E-state index in [2.05, 4.69) is 15.3 Å². The molecule has 112 valence electrons. The number of carbonyl (C=O) groups is 1. The van der Waals surface area contributed by atoms with Gasteiger partial charge < -0.3 is 10.1 Å². The first-order valence-corrected chi connectivity index (χ1v) is 7.65. The van der Waals surface area contributed by atoms with Crippen molar-refractivity contribution in [2.45, 2.75) is 20.5 Å². The largest absolute Gasteiger partial charge is 0.470 e. The topological polar surface area (TPSA) is 64.1 Å². The lowest BCUT2D eigenvalue weighted by Crippen LogP contribution is -2.07. The zero-order chi connectivity index (χ0) is 15.5. The van der Waals surface area contributed by atoms with Crippen LogP contribution >= 0.6 is 11.3 Å². The Morgan fingerprint density at radius 3 is 2.91 bits per heavy atom. The standard InChI is InChI=1S/C16H15N3O2S/c1-10-7-12(18-11(2)20)8-17-16(10)21-9-15-19-13-5-3-4-6-14(13)22-15/h3-8H,9H2,1-2H3,(H,18,20). The Hall–Kier alpha value is -2.47. The van der Waals surface area contributed by atoms with Crippen molar-refractivity contribution in [3.05, 3.63) is 47.1 Å². The third-order valence-electron chi connectivity index (χ3n) is 3.02. The lowest BCUT2D eigenvalue weighted by molar-refractivity contribution is -0.114. The minimum atomic E-state index is -0.121. The molecule has 22 heavy (non-hydrogen) atoms. The van der Waals surface area contributed by atoms with E-state index in [1.54, 1.807) is 17.5 Å². The van der Waals surface area contributed by atoms with Gasteiger partial charge in [0.05, 0.1) is 22.1 Å². The van der Waals surface area contributed by atoms with Crippen LogP contribution in [0.3, 0.4) is 0 Å². The highest BCUT2D eigenvalue weighted by Crippen LogP contribution is 2.24. The molecule has 1 amide bonds. The van der Waals surface area contributed by atoms with Gasteiger partial charge in [0.15, 0.2) is 0 Å². The average molecular weight is 313 g/mol. The minimum Gasteiger partial charge on any atom is -0.470 e. The lowest BCUT2D eigenvalue weighted by Gasteiger charge is -2.08. The summed E-state index contributed by atoms with van der Waals surface area (Å²) in [5, 5.41) is 3.61. The summed E-state index contributed by atoms with van der Waals surface area (Å²) in [5.74, 6) is 0.428. The van der Waals surface area contributed by atoms with Gasteiger partial charge in [-0.1, -0.05) is 12.1 Å². The second-order valence-electron chi connectivity index (χ2n) is 4.89. The van der Waals surface area contributed by atoms with E-state index in [-0.39, 0.29) is 5.91 Å². The molecule has 0 spiro atoms. The maximum atomic E-state index is 11.0. The number of pyridine rings is 1. The van der Waals surface area contributed by atoms with Gasteiger partial charge in [0.1, 0.15) is 11.6 Å². The Morgan fingerprint density at radius 2 is 2.18 bits per heavy atom. The summed E-state index contributed by atoms with van der Waals surface area (Å²) in [5.41, 5.74) is 2.52. The number of benzene rings is 1. The predicted octanol–water partition coefficient (Wildman–Crippen LogP) is 3.54. The van der Waals surface area contributed by atoms with Crippen molar-refractivity contribution in [3.8, 4) is 5.88 Å². The molecule has 0 radical (unpaired) electrons. The fourth-order valence-electron chi connectivity index (χ4n) is 2.10. The number of carbonyl (C=O) groups excluding carboxylic acids is 1. The van der Waals surface area contributed by atoms with E-state index >= 15 is 0 Å². The summed E-state index contributed by atoms with van der Waals surface area (Å²) in [4.78, 5) is 19.8. The molecule has 0 saturated heterocycles. The van der Waals surface area contributed by atoms with E-state index in [1.807, 2.05) is 37.3 Å². The second-order valence-corrected chi connectivity index (χ2v) is 6.01. The van der Waals surface area contributed by atoms with Crippen LogP contribution in [0.15, 0.2) is 36.5 Å². The predicted molar refractivity (Wildman–Crippen MR) is 87.2 cm³/mol. The Morgan fingerprint density at radius 1 is 1.36 bits per heavy atom. The Labute approximate surface area is 132 Å². The number of hydrogen-bond acceptors (Lipinski definition) is 5. The molecule has 0 unspecified atom stereocenters. The average Bonchev–Trinajstić information content (AvgIpc) is 2.88. The summed E-state index contributed by atoms with van der Waals surface area (Å²) in [6, 6.07) is 9.84. The smallest absolute Gasteiger partial charge is 0.221 e. The summed E-state index contributed by atoms with van der Waals surface area (Å²) in [7, 11) is 0. The molecule has 3 rings (SSSR count). The number of aromatic nitrogens is 2. The highest BCUT2D eigenvalue weighted by Gasteiger charge is 2.07. The number of para-hydroxylation sites is 1. The molecule has 3 aromatic rings. The molecule has 2 heterocycles. The van der Waals surface area contributed by atoms with Crippen LogP contribution in [-0.4, -0.2) is 15.9 Å². The molecule has 1 N–H and O–H groups in total. The van der Waals surface area contributed by atoms with E-state index in [9.17, 15) is 4.79 Å². The Kier molecular flexibility index (Phi) is 4.02. The van der Waals surface area contributed by atoms with Gasteiger partial charge in [-0.3, -0.25) is 4.79 Å². The number of hydrogen-bond donors (Lipinski definition) is 1. The van der Waals surface area contributed by atoms with Crippen molar-refractivity contribution in [2.75, 3.05) is 5.32 Å². The van der Waals surface area contributed by atoms with Gasteiger partial charge in [-0.25, -0.2) is 9.97 Å². The summed E-state index contributed by atoms with van der Waals surface area (Å²) < 4.78 is 6.88. The van der Waals surface area contributed by atoms with Crippen LogP contribution in [0.4, 0.5) is 5.69 Å². The van der Waals surface area contributed by atoms with Crippen molar-refractivity contribution in [1.82, 2.24) is 9.97 Å². The van der Waals surface area contributed by atoms with Crippen LogP contribution in [0, 0.1) is 6.92 Å². The molecular formula is C16H15N3O2S. The normalized spacial score (nSPS) is 10.6. The molecule has 5 nitrogen and oxygen atoms in total. The number of amides is 1. The molecule has 0 aliphatic rings. The quantitative estimate of drug-likeness (QED) is 0.800. The van der Waals surface area contributed by atoms with Gasteiger partial charge in [0.2, 0.25) is 11.8 Å². The number of thiazole rings is 1. The number of rotatable bonds is 4. The second kappa shape index (κ2) is 6.11. The van der Waals surface area contributed by atoms with E-state index < -0.39 is 0 Å². The first-order chi connectivity index (χ1) is 10.6. The van der Waals surface area contributed by atoms with E-state index in [0.29, 0.717) is 18.2 Å². The lowest BCUT2D eigenvalue weighted by atomic mass is 10.3. The van der Waals surface area contributed by atoms with Crippen LogP contribution < -0.4 is 10.1 Å². The molecule has 0 aliphatic carbocycles. The fourth-order valence-corrected chi connectivity index (χ4v) is 2.98. The zero-order valence-electron chi connectivity index (χ0n) is 12.3. The zero-order valence-corrected chi connectivity index (χ0v) is 13.1. The van der Waals surface area contributed by atoms with E-state index in [4.69, 9.17) is 4.74 Å². The highest BCUT2D eigenvalue weighted by atomic mass is 32.1. The van der Waals surface area contributed by atoms with Gasteiger partial charge in [0.25, 0.3) is 0 Å². The van der Waals surface area contributed by atoms with Crippen molar-refractivity contribution < 1.29 is 9.53 Å². The minimum absolute atomic E-state index is 0.121. The number of ether oxygens (including phenoxy) is 1. The molecule has 6 heteroatoms. The molecule has 0 bridgehead atoms. The van der Waals surface area contributed by atoms with Crippen LogP contribution in [0.25, 0.3) is 10.2 Å². The monoisotopic (exact) mass is 313 g/mol. The summed E-state index contributed by atoms with van der Waals surface area (Å²) >= 11 is 1.61. The van der Waals surface area contributed by atoms with Crippen molar-refractivity contribution in [2.24, 2.45) is 0 Å². The highest BCUT2D eigenvalue weighted by molar-refractivity contribution is 7.18. The van der Waals surface area contributed by atoms with Crippen molar-refractivity contribution in [3.63, 3.8) is 0 Å². The van der Waals surface area contributed by atoms with Gasteiger partial charge in [0, 0.05) is 12.5 Å². The molecular weight excluding hydrogens is 298 g/mol. The SMILES string of the molecule is CC(=O)Nc1cnc(OCc2nc3ccccc3s2)c(C)c1. The van der Waals surface area contributed by atoms with Crippen LogP contribution in [0.2, 0.25) is 0 Å². The van der Waals surface area contributed by atoms with Crippen LogP contribution in [0.1, 0.15) is 17.5 Å². The van der Waals surface area contributed by atoms with E-state index in [0.717, 1.165) is 20.8 Å². The molecule has 1 aromatic carbocycles. The third-order valence-corrected chi connectivity index (χ3v) is 4.03. The molecule has 2 aromatic heterocycles. The van der Waals surface area contributed by atoms with Gasteiger partial charge in [-0.05, 0) is 25.1 Å². The van der Waals surface area contributed by atoms with Crippen molar-refractivity contribution in [1.29, 1.82) is 0 Å². The maximum absolute atomic E-state index is 11.0. The van der Waals surface area contributed by atoms with Crippen LogP contribution in [-0.2, 0) is 11.4 Å². The number of nitrogens with zero attached hydrogens (tertiary/aromatic N) is 2. The molecule has 0 saturated carbocycles. The number of aryl methyl sites for hydroxylation is 1. The number of fused-ring (bicyclic) bond motifs is 1.